The Balaban J connectivity index is 1.11. The van der Waals surface area contributed by atoms with Crippen molar-refractivity contribution in [2.75, 3.05) is 49.1 Å². The maximum Gasteiger partial charge on any atom is 0.132 e. The highest BCUT2D eigenvalue weighted by molar-refractivity contribution is 5.91. The molecule has 4 heterocycles. The molecule has 0 N–H and O–H groups in total. The van der Waals surface area contributed by atoms with Crippen LogP contribution in [0, 0.1) is 5.82 Å². The van der Waals surface area contributed by atoms with Gasteiger partial charge in [-0.05, 0) is 49.2 Å². The fourth-order valence-electron chi connectivity index (χ4n) is 5.52. The van der Waals surface area contributed by atoms with Crippen LogP contribution in [0.4, 0.5) is 15.8 Å². The lowest BCUT2D eigenvalue weighted by Gasteiger charge is -2.44. The van der Waals surface area contributed by atoms with Gasteiger partial charge in [0.25, 0.3) is 0 Å². The van der Waals surface area contributed by atoms with Crippen molar-refractivity contribution < 1.29 is 4.39 Å². The first-order valence-corrected chi connectivity index (χ1v) is 11.9. The highest BCUT2D eigenvalue weighted by Gasteiger charge is 2.29. The number of halogens is 1. The summed E-state index contributed by atoms with van der Waals surface area (Å²) in [4.78, 5) is 16.6. The van der Waals surface area contributed by atoms with Gasteiger partial charge in [0.2, 0.25) is 0 Å². The molecule has 2 aliphatic rings. The van der Waals surface area contributed by atoms with Gasteiger partial charge in [0.15, 0.2) is 0 Å². The van der Waals surface area contributed by atoms with Crippen molar-refractivity contribution in [3.63, 3.8) is 0 Å². The zero-order chi connectivity index (χ0) is 22.2. The largest absolute Gasteiger partial charge is 0.370 e. The summed E-state index contributed by atoms with van der Waals surface area (Å²) in [6.07, 6.45) is 5.89. The molecule has 0 aliphatic carbocycles. The molecule has 2 aromatic carbocycles. The van der Waals surface area contributed by atoms with E-state index >= 15 is 0 Å². The summed E-state index contributed by atoms with van der Waals surface area (Å²) >= 11 is 0. The Morgan fingerprint density at radius 3 is 2.15 bits per heavy atom. The third-order valence-corrected chi connectivity index (χ3v) is 7.28. The van der Waals surface area contributed by atoms with Crippen molar-refractivity contribution in [3.8, 4) is 0 Å². The smallest absolute Gasteiger partial charge is 0.132 e. The van der Waals surface area contributed by atoms with Gasteiger partial charge in [-0.25, -0.2) is 4.39 Å². The number of piperazine rings is 1. The van der Waals surface area contributed by atoms with Crippen LogP contribution in [0.25, 0.3) is 21.8 Å². The van der Waals surface area contributed by atoms with Crippen molar-refractivity contribution in [3.05, 3.63) is 72.8 Å². The third kappa shape index (κ3) is 3.78. The number of pyridine rings is 2. The monoisotopic (exact) mass is 441 g/mol. The lowest BCUT2D eigenvalue weighted by atomic mass is 10.0. The highest BCUT2D eigenvalue weighted by Crippen LogP contribution is 2.31. The van der Waals surface area contributed by atoms with Gasteiger partial charge in [-0.15, -0.1) is 0 Å². The summed E-state index contributed by atoms with van der Waals surface area (Å²) in [6, 6.07) is 18.3. The zero-order valence-electron chi connectivity index (χ0n) is 18.7. The fourth-order valence-corrected chi connectivity index (χ4v) is 5.52. The average Bonchev–Trinajstić information content (AvgIpc) is 2.89. The molecule has 0 atom stereocenters. The molecule has 6 rings (SSSR count). The van der Waals surface area contributed by atoms with E-state index in [4.69, 9.17) is 0 Å². The molecular weight excluding hydrogens is 413 g/mol. The van der Waals surface area contributed by atoms with Crippen LogP contribution >= 0.6 is 0 Å². The summed E-state index contributed by atoms with van der Waals surface area (Å²) in [7, 11) is 0. The SMILES string of the molecule is Fc1ccc(N2CCC(N3CCN(c4cccc5cccnc45)CC3)CC2)c2ncccc12. The van der Waals surface area contributed by atoms with Gasteiger partial charge in [-0.3, -0.25) is 14.9 Å². The van der Waals surface area contributed by atoms with E-state index in [0.29, 0.717) is 11.4 Å². The van der Waals surface area contributed by atoms with Crippen LogP contribution in [0.1, 0.15) is 12.8 Å². The van der Waals surface area contributed by atoms with Gasteiger partial charge in [0.1, 0.15) is 5.82 Å². The number of anilines is 2. The quantitative estimate of drug-likeness (QED) is 0.460. The van der Waals surface area contributed by atoms with E-state index in [2.05, 4.69) is 48.9 Å². The number of hydrogen-bond donors (Lipinski definition) is 0. The molecule has 2 aromatic heterocycles. The predicted molar refractivity (Wildman–Crippen MR) is 132 cm³/mol. The molecule has 0 bridgehead atoms. The second-order valence-electron chi connectivity index (χ2n) is 9.06. The topological polar surface area (TPSA) is 35.5 Å². The van der Waals surface area contributed by atoms with Crippen LogP contribution in [-0.2, 0) is 0 Å². The Kier molecular flexibility index (Phi) is 5.30. The number of fused-ring (bicyclic) bond motifs is 2. The first-order chi connectivity index (χ1) is 16.3. The summed E-state index contributed by atoms with van der Waals surface area (Å²) in [5.41, 5.74) is 4.17. The summed E-state index contributed by atoms with van der Waals surface area (Å²) in [5.74, 6) is -0.198. The third-order valence-electron chi connectivity index (χ3n) is 7.28. The van der Waals surface area contributed by atoms with E-state index in [-0.39, 0.29) is 5.82 Å². The predicted octanol–water partition coefficient (Wildman–Crippen LogP) is 4.71. The molecule has 4 aromatic rings. The van der Waals surface area contributed by atoms with E-state index in [1.807, 2.05) is 24.4 Å². The zero-order valence-corrected chi connectivity index (χ0v) is 18.7. The van der Waals surface area contributed by atoms with Gasteiger partial charge in [-0.2, -0.15) is 0 Å². The minimum absolute atomic E-state index is 0.198. The van der Waals surface area contributed by atoms with Crippen LogP contribution in [0.5, 0.6) is 0 Å². The van der Waals surface area contributed by atoms with E-state index in [1.54, 1.807) is 18.3 Å². The normalized spacial score (nSPS) is 18.3. The maximum atomic E-state index is 14.2. The Labute approximate surface area is 193 Å². The molecule has 2 saturated heterocycles. The number of para-hydroxylation sites is 1. The highest BCUT2D eigenvalue weighted by atomic mass is 19.1. The maximum absolute atomic E-state index is 14.2. The summed E-state index contributed by atoms with van der Waals surface area (Å²) in [6.45, 7) is 6.18. The number of rotatable bonds is 3. The molecular formula is C27H28FN5. The van der Waals surface area contributed by atoms with E-state index in [0.717, 1.165) is 68.8 Å². The van der Waals surface area contributed by atoms with Crippen molar-refractivity contribution in [2.45, 2.75) is 18.9 Å². The Hall–Kier alpha value is -3.25. The molecule has 33 heavy (non-hydrogen) atoms. The van der Waals surface area contributed by atoms with E-state index in [9.17, 15) is 4.39 Å². The lowest BCUT2D eigenvalue weighted by molar-refractivity contribution is 0.160. The molecule has 2 aliphatic heterocycles. The van der Waals surface area contributed by atoms with E-state index in [1.165, 1.54) is 11.1 Å². The molecule has 168 valence electrons. The number of nitrogens with zero attached hydrogens (tertiary/aromatic N) is 5. The van der Waals surface area contributed by atoms with Gasteiger partial charge < -0.3 is 9.80 Å². The summed E-state index contributed by atoms with van der Waals surface area (Å²) in [5, 5.41) is 1.81. The van der Waals surface area contributed by atoms with Crippen molar-refractivity contribution in [1.29, 1.82) is 0 Å². The minimum Gasteiger partial charge on any atom is -0.370 e. The van der Waals surface area contributed by atoms with Crippen LogP contribution < -0.4 is 9.80 Å². The molecule has 0 saturated carbocycles. The molecule has 0 unspecified atom stereocenters. The van der Waals surface area contributed by atoms with Crippen molar-refractivity contribution in [1.82, 2.24) is 14.9 Å². The van der Waals surface area contributed by atoms with Crippen LogP contribution in [0.15, 0.2) is 67.0 Å². The molecule has 0 spiro atoms. The minimum atomic E-state index is -0.198. The summed E-state index contributed by atoms with van der Waals surface area (Å²) < 4.78 is 14.2. The van der Waals surface area contributed by atoms with Gasteiger partial charge >= 0.3 is 0 Å². The Morgan fingerprint density at radius 1 is 0.667 bits per heavy atom. The molecule has 6 heteroatoms. The Bertz CT molecular complexity index is 1270. The van der Waals surface area contributed by atoms with Crippen LogP contribution in [0.2, 0.25) is 0 Å². The molecule has 0 radical (unpaired) electrons. The second-order valence-corrected chi connectivity index (χ2v) is 9.06. The molecule has 5 nitrogen and oxygen atoms in total. The first-order valence-electron chi connectivity index (χ1n) is 11.9. The van der Waals surface area contributed by atoms with Gasteiger partial charge in [-0.1, -0.05) is 18.2 Å². The number of aromatic nitrogens is 2. The number of piperidine rings is 1. The van der Waals surface area contributed by atoms with Gasteiger partial charge in [0, 0.05) is 68.5 Å². The number of benzene rings is 2. The van der Waals surface area contributed by atoms with E-state index < -0.39 is 0 Å². The first kappa shape index (κ1) is 20.4. The standard InChI is InChI=1S/C27H28FN5/c28-23-8-9-25(27-22(23)6-3-13-30-27)32-14-10-21(11-15-32)31-16-18-33(19-17-31)24-7-1-4-20-5-2-12-29-26(20)24/h1-9,12-13,21H,10-11,14-19H2. The Morgan fingerprint density at radius 2 is 1.33 bits per heavy atom. The van der Waals surface area contributed by atoms with Crippen LogP contribution in [-0.4, -0.2) is 60.2 Å². The fraction of sp³-hybridized carbons (Fsp3) is 0.333. The van der Waals surface area contributed by atoms with Crippen molar-refractivity contribution >= 4 is 33.2 Å². The lowest BCUT2D eigenvalue weighted by Crippen LogP contribution is -2.53. The van der Waals surface area contributed by atoms with Gasteiger partial charge in [0.05, 0.1) is 22.4 Å². The second kappa shape index (κ2) is 8.60. The average molecular weight is 442 g/mol. The molecule has 0 amide bonds. The molecule has 2 fully saturated rings. The number of hydrogen-bond acceptors (Lipinski definition) is 5. The van der Waals surface area contributed by atoms with Crippen LogP contribution in [0.3, 0.4) is 0 Å². The van der Waals surface area contributed by atoms with Crippen molar-refractivity contribution in [2.24, 2.45) is 0 Å².